The number of piperazine rings is 1. The van der Waals surface area contributed by atoms with E-state index in [-0.39, 0.29) is 4.90 Å². The van der Waals surface area contributed by atoms with Crippen molar-refractivity contribution in [2.45, 2.75) is 4.90 Å². The van der Waals surface area contributed by atoms with E-state index in [0.717, 1.165) is 5.69 Å². The van der Waals surface area contributed by atoms with Gasteiger partial charge in [-0.2, -0.15) is 9.57 Å². The maximum Gasteiger partial charge on any atom is 0.243 e. The number of halogens is 1. The van der Waals surface area contributed by atoms with Crippen LogP contribution in [0.25, 0.3) is 0 Å². The lowest BCUT2D eigenvalue weighted by Crippen LogP contribution is -2.48. The molecule has 1 fully saturated rings. The molecule has 2 aromatic rings. The molecule has 1 heterocycles. The summed E-state index contributed by atoms with van der Waals surface area (Å²) in [5.74, 6) is 0. The lowest BCUT2D eigenvalue weighted by molar-refractivity contribution is 0.385. The number of rotatable bonds is 3. The zero-order valence-corrected chi connectivity index (χ0v) is 14.5. The standard InChI is InChI=1S/C17H16ClN3O2S/c18-15-3-5-16(6-4-15)20-9-11-21(12-10-20)24(22,23)17-7-1-14(13-19)2-8-17/h1-8H,9-12H2. The monoisotopic (exact) mass is 361 g/mol. The summed E-state index contributed by atoms with van der Waals surface area (Å²) >= 11 is 5.90. The van der Waals surface area contributed by atoms with Gasteiger partial charge in [0.1, 0.15) is 0 Å². The fourth-order valence-corrected chi connectivity index (χ4v) is 4.24. The largest absolute Gasteiger partial charge is 0.369 e. The number of nitriles is 1. The average molecular weight is 362 g/mol. The molecule has 0 spiro atoms. The molecule has 1 saturated heterocycles. The summed E-state index contributed by atoms with van der Waals surface area (Å²) < 4.78 is 26.9. The minimum Gasteiger partial charge on any atom is -0.369 e. The summed E-state index contributed by atoms with van der Waals surface area (Å²) in [6, 6.07) is 15.5. The van der Waals surface area contributed by atoms with Crippen molar-refractivity contribution in [2.75, 3.05) is 31.1 Å². The minimum atomic E-state index is -3.52. The molecule has 0 radical (unpaired) electrons. The van der Waals surface area contributed by atoms with E-state index in [1.54, 1.807) is 0 Å². The third kappa shape index (κ3) is 3.39. The second-order valence-electron chi connectivity index (χ2n) is 5.50. The van der Waals surface area contributed by atoms with Gasteiger partial charge in [0.25, 0.3) is 0 Å². The lowest BCUT2D eigenvalue weighted by Gasteiger charge is -2.35. The molecule has 0 aromatic heterocycles. The zero-order valence-electron chi connectivity index (χ0n) is 12.9. The van der Waals surface area contributed by atoms with Crippen LogP contribution in [0.3, 0.4) is 0 Å². The molecule has 1 aliphatic heterocycles. The molecule has 2 aromatic carbocycles. The normalized spacial score (nSPS) is 15.9. The Balaban J connectivity index is 1.71. The van der Waals surface area contributed by atoms with Gasteiger partial charge in [0, 0.05) is 36.9 Å². The number of benzene rings is 2. The van der Waals surface area contributed by atoms with E-state index in [0.29, 0.717) is 36.8 Å². The van der Waals surface area contributed by atoms with Crippen molar-refractivity contribution in [2.24, 2.45) is 0 Å². The van der Waals surface area contributed by atoms with E-state index in [9.17, 15) is 8.42 Å². The Morgan fingerprint density at radius 3 is 2.04 bits per heavy atom. The van der Waals surface area contributed by atoms with Crippen LogP contribution >= 0.6 is 11.6 Å². The van der Waals surface area contributed by atoms with Crippen LogP contribution < -0.4 is 4.90 Å². The molecule has 3 rings (SSSR count). The molecule has 5 nitrogen and oxygen atoms in total. The molecule has 0 bridgehead atoms. The molecule has 24 heavy (non-hydrogen) atoms. The highest BCUT2D eigenvalue weighted by atomic mass is 35.5. The van der Waals surface area contributed by atoms with Gasteiger partial charge in [-0.1, -0.05) is 11.6 Å². The quantitative estimate of drug-likeness (QED) is 0.843. The zero-order chi connectivity index (χ0) is 17.2. The molecule has 0 saturated carbocycles. The van der Waals surface area contributed by atoms with Crippen LogP contribution in [0.1, 0.15) is 5.56 Å². The van der Waals surface area contributed by atoms with Crippen molar-refractivity contribution in [3.63, 3.8) is 0 Å². The van der Waals surface area contributed by atoms with Gasteiger partial charge in [0.2, 0.25) is 10.0 Å². The number of anilines is 1. The van der Waals surface area contributed by atoms with Gasteiger partial charge < -0.3 is 4.90 Å². The van der Waals surface area contributed by atoms with E-state index >= 15 is 0 Å². The SMILES string of the molecule is N#Cc1ccc(S(=O)(=O)N2CCN(c3ccc(Cl)cc3)CC2)cc1. The second-order valence-corrected chi connectivity index (χ2v) is 7.88. The smallest absolute Gasteiger partial charge is 0.243 e. The first kappa shape index (κ1) is 16.8. The molecule has 0 amide bonds. The van der Waals surface area contributed by atoms with Crippen molar-refractivity contribution in [1.29, 1.82) is 5.26 Å². The molecule has 0 N–H and O–H groups in total. The Morgan fingerprint density at radius 1 is 0.917 bits per heavy atom. The van der Waals surface area contributed by atoms with E-state index in [4.69, 9.17) is 16.9 Å². The van der Waals surface area contributed by atoms with Gasteiger partial charge in [-0.15, -0.1) is 0 Å². The number of hydrogen-bond donors (Lipinski definition) is 0. The van der Waals surface area contributed by atoms with E-state index in [2.05, 4.69) is 4.90 Å². The van der Waals surface area contributed by atoms with Crippen molar-refractivity contribution in [1.82, 2.24) is 4.31 Å². The topological polar surface area (TPSA) is 64.4 Å². The molecule has 0 aliphatic carbocycles. The molecule has 1 aliphatic rings. The maximum absolute atomic E-state index is 12.7. The Morgan fingerprint density at radius 2 is 1.50 bits per heavy atom. The van der Waals surface area contributed by atoms with Crippen molar-refractivity contribution in [3.8, 4) is 6.07 Å². The number of nitrogens with zero attached hydrogens (tertiary/aromatic N) is 3. The van der Waals surface area contributed by atoms with Crippen LogP contribution in [-0.2, 0) is 10.0 Å². The van der Waals surface area contributed by atoms with Crippen molar-refractivity contribution in [3.05, 3.63) is 59.1 Å². The van der Waals surface area contributed by atoms with Crippen LogP contribution in [0.2, 0.25) is 5.02 Å². The highest BCUT2D eigenvalue weighted by molar-refractivity contribution is 7.89. The highest BCUT2D eigenvalue weighted by Gasteiger charge is 2.28. The molecule has 0 atom stereocenters. The first-order valence-corrected chi connectivity index (χ1v) is 9.33. The molecule has 0 unspecified atom stereocenters. The maximum atomic E-state index is 12.7. The van der Waals surface area contributed by atoms with Crippen molar-refractivity contribution >= 4 is 27.3 Å². The minimum absolute atomic E-state index is 0.224. The van der Waals surface area contributed by atoms with Crippen molar-refractivity contribution < 1.29 is 8.42 Å². The van der Waals surface area contributed by atoms with Gasteiger partial charge in [-0.3, -0.25) is 0 Å². The third-order valence-corrected chi connectivity index (χ3v) is 6.22. The van der Waals surface area contributed by atoms with E-state index in [1.807, 2.05) is 30.3 Å². The van der Waals surface area contributed by atoms with Gasteiger partial charge in [-0.05, 0) is 48.5 Å². The van der Waals surface area contributed by atoms with Crippen LogP contribution in [-0.4, -0.2) is 38.9 Å². The Hall–Kier alpha value is -2.07. The molecule has 124 valence electrons. The van der Waals surface area contributed by atoms with Crippen LogP contribution in [0.5, 0.6) is 0 Å². The molecular weight excluding hydrogens is 346 g/mol. The number of sulfonamides is 1. The van der Waals surface area contributed by atoms with E-state index in [1.165, 1.54) is 28.6 Å². The van der Waals surface area contributed by atoms with Gasteiger partial charge in [0.15, 0.2) is 0 Å². The second kappa shape index (κ2) is 6.81. The molecule has 7 heteroatoms. The summed E-state index contributed by atoms with van der Waals surface area (Å²) in [6.07, 6.45) is 0. The summed E-state index contributed by atoms with van der Waals surface area (Å²) in [6.45, 7) is 2.09. The van der Waals surface area contributed by atoms with Gasteiger partial charge in [0.05, 0.1) is 16.5 Å². The van der Waals surface area contributed by atoms with Crippen LogP contribution in [0, 0.1) is 11.3 Å². The Bertz CT molecular complexity index is 850. The van der Waals surface area contributed by atoms with Crippen LogP contribution in [0.15, 0.2) is 53.4 Å². The Labute approximate surface area is 146 Å². The number of hydrogen-bond acceptors (Lipinski definition) is 4. The predicted molar refractivity (Wildman–Crippen MR) is 93.6 cm³/mol. The predicted octanol–water partition coefficient (Wildman–Crippen LogP) is 2.72. The molecular formula is C17H16ClN3O2S. The fraction of sp³-hybridized carbons (Fsp3) is 0.235. The summed E-state index contributed by atoms with van der Waals surface area (Å²) in [5.41, 5.74) is 1.48. The van der Waals surface area contributed by atoms with E-state index < -0.39 is 10.0 Å². The summed E-state index contributed by atoms with van der Waals surface area (Å²) in [4.78, 5) is 2.36. The first-order valence-electron chi connectivity index (χ1n) is 7.51. The highest BCUT2D eigenvalue weighted by Crippen LogP contribution is 2.22. The average Bonchev–Trinajstić information content (AvgIpc) is 2.62. The fourth-order valence-electron chi connectivity index (χ4n) is 2.69. The van der Waals surface area contributed by atoms with Crippen LogP contribution in [0.4, 0.5) is 5.69 Å². The third-order valence-electron chi connectivity index (χ3n) is 4.05. The summed E-state index contributed by atoms with van der Waals surface area (Å²) in [7, 11) is -3.52. The van der Waals surface area contributed by atoms with Gasteiger partial charge in [-0.25, -0.2) is 8.42 Å². The van der Waals surface area contributed by atoms with Gasteiger partial charge >= 0.3 is 0 Å². The first-order chi connectivity index (χ1) is 11.5. The Kier molecular flexibility index (Phi) is 4.76. The summed E-state index contributed by atoms with van der Waals surface area (Å²) in [5, 5.41) is 9.49. The lowest BCUT2D eigenvalue weighted by atomic mass is 10.2.